The number of aromatic nitrogens is 2. The van der Waals surface area contributed by atoms with Gasteiger partial charge in [-0.3, -0.25) is 4.79 Å². The van der Waals surface area contributed by atoms with Crippen molar-refractivity contribution in [3.8, 4) is 10.8 Å². The van der Waals surface area contributed by atoms with Crippen LogP contribution in [0.15, 0.2) is 51.4 Å². The van der Waals surface area contributed by atoms with Crippen molar-refractivity contribution in [1.82, 2.24) is 10.2 Å². The third-order valence-electron chi connectivity index (χ3n) is 2.96. The number of alkyl halides is 3. The number of nitrogens with one attached hydrogen (secondary N) is 1. The van der Waals surface area contributed by atoms with E-state index in [1.54, 1.807) is 0 Å². The summed E-state index contributed by atoms with van der Waals surface area (Å²) >= 11 is 2.50. The van der Waals surface area contributed by atoms with Crippen LogP contribution in [0.5, 0.6) is 0 Å². The highest BCUT2D eigenvalue weighted by Gasteiger charge is 2.29. The van der Waals surface area contributed by atoms with E-state index in [9.17, 15) is 18.0 Å². The van der Waals surface area contributed by atoms with Gasteiger partial charge in [0, 0.05) is 5.69 Å². The summed E-state index contributed by atoms with van der Waals surface area (Å²) in [4.78, 5) is 12.7. The Morgan fingerprint density at radius 2 is 1.96 bits per heavy atom. The summed E-state index contributed by atoms with van der Waals surface area (Å²) in [5.74, 6) is -0.0196. The van der Waals surface area contributed by atoms with Crippen molar-refractivity contribution in [2.45, 2.75) is 11.4 Å². The fourth-order valence-electron chi connectivity index (χ4n) is 1.83. The van der Waals surface area contributed by atoms with E-state index >= 15 is 0 Å². The minimum Gasteiger partial charge on any atom is -0.410 e. The van der Waals surface area contributed by atoms with Crippen LogP contribution in [0.3, 0.4) is 0 Å². The van der Waals surface area contributed by atoms with Crippen molar-refractivity contribution in [1.29, 1.82) is 0 Å². The highest BCUT2D eigenvalue weighted by Crippen LogP contribution is 2.30. The molecule has 0 saturated carbocycles. The van der Waals surface area contributed by atoms with Gasteiger partial charge < -0.3 is 9.73 Å². The number of rotatable bonds is 5. The highest BCUT2D eigenvalue weighted by atomic mass is 32.2. The van der Waals surface area contributed by atoms with E-state index in [2.05, 4.69) is 15.5 Å². The second-order valence-electron chi connectivity index (χ2n) is 4.76. The third-order valence-corrected chi connectivity index (χ3v) is 4.64. The molecular formula is C15H10F3N3O2S2. The molecule has 0 fully saturated rings. The Labute approximate surface area is 148 Å². The molecule has 0 aliphatic rings. The zero-order chi connectivity index (χ0) is 17.9. The Bertz CT molecular complexity index is 846. The maximum Gasteiger partial charge on any atom is 0.416 e. The molecule has 3 rings (SSSR count). The van der Waals surface area contributed by atoms with E-state index in [0.717, 1.165) is 28.8 Å². The fraction of sp³-hybridized carbons (Fsp3) is 0.133. The van der Waals surface area contributed by atoms with E-state index in [-0.39, 0.29) is 22.6 Å². The molecule has 2 heterocycles. The van der Waals surface area contributed by atoms with E-state index in [1.165, 1.54) is 23.5 Å². The first kappa shape index (κ1) is 17.5. The molecule has 0 bridgehead atoms. The van der Waals surface area contributed by atoms with Gasteiger partial charge in [0.1, 0.15) is 0 Å². The van der Waals surface area contributed by atoms with Crippen molar-refractivity contribution < 1.29 is 22.4 Å². The molecule has 0 aliphatic carbocycles. The van der Waals surface area contributed by atoms with Crippen LogP contribution in [0.25, 0.3) is 10.8 Å². The number of hydrogen-bond donors (Lipinski definition) is 1. The van der Waals surface area contributed by atoms with Crippen LogP contribution >= 0.6 is 23.1 Å². The van der Waals surface area contributed by atoms with E-state index in [0.29, 0.717) is 5.89 Å². The van der Waals surface area contributed by atoms with E-state index < -0.39 is 11.7 Å². The first-order valence-corrected chi connectivity index (χ1v) is 8.75. The molecule has 0 unspecified atom stereocenters. The van der Waals surface area contributed by atoms with Crippen LogP contribution in [-0.4, -0.2) is 21.9 Å². The number of thiophene rings is 1. The lowest BCUT2D eigenvalue weighted by atomic mass is 10.2. The number of amides is 1. The molecule has 25 heavy (non-hydrogen) atoms. The van der Waals surface area contributed by atoms with Gasteiger partial charge in [-0.25, -0.2) is 0 Å². The molecule has 1 amide bonds. The maximum absolute atomic E-state index is 12.5. The molecule has 130 valence electrons. The molecule has 0 radical (unpaired) electrons. The van der Waals surface area contributed by atoms with Crippen LogP contribution in [0, 0.1) is 0 Å². The average Bonchev–Trinajstić information content (AvgIpc) is 3.24. The topological polar surface area (TPSA) is 68.0 Å². The summed E-state index contributed by atoms with van der Waals surface area (Å²) in [6.07, 6.45) is -4.41. The Morgan fingerprint density at radius 3 is 2.60 bits per heavy atom. The van der Waals surface area contributed by atoms with Crippen molar-refractivity contribution in [2.24, 2.45) is 0 Å². The summed E-state index contributed by atoms with van der Waals surface area (Å²) in [5.41, 5.74) is -0.491. The van der Waals surface area contributed by atoms with Crippen LogP contribution in [-0.2, 0) is 11.0 Å². The van der Waals surface area contributed by atoms with Crippen molar-refractivity contribution in [3.63, 3.8) is 0 Å². The summed E-state index contributed by atoms with van der Waals surface area (Å²) in [6, 6.07) is 7.92. The monoisotopic (exact) mass is 385 g/mol. The van der Waals surface area contributed by atoms with Gasteiger partial charge in [0.05, 0.1) is 16.2 Å². The van der Waals surface area contributed by atoms with Gasteiger partial charge in [0.25, 0.3) is 11.1 Å². The summed E-state index contributed by atoms with van der Waals surface area (Å²) < 4.78 is 42.9. The highest BCUT2D eigenvalue weighted by molar-refractivity contribution is 7.99. The van der Waals surface area contributed by atoms with Crippen molar-refractivity contribution >= 4 is 34.7 Å². The number of thioether (sulfide) groups is 1. The largest absolute Gasteiger partial charge is 0.416 e. The Morgan fingerprint density at radius 1 is 1.20 bits per heavy atom. The summed E-state index contributed by atoms with van der Waals surface area (Å²) in [7, 11) is 0. The number of benzene rings is 1. The first-order chi connectivity index (χ1) is 11.9. The second kappa shape index (κ2) is 7.28. The second-order valence-corrected chi connectivity index (χ2v) is 6.64. The molecule has 0 spiro atoms. The summed E-state index contributed by atoms with van der Waals surface area (Å²) in [6.45, 7) is 0. The zero-order valence-electron chi connectivity index (χ0n) is 12.4. The minimum atomic E-state index is -4.41. The lowest BCUT2D eigenvalue weighted by Gasteiger charge is -2.08. The minimum absolute atomic E-state index is 0.00685. The molecule has 10 heteroatoms. The molecule has 1 aromatic carbocycles. The number of halogens is 3. The molecule has 0 atom stereocenters. The molecule has 3 aromatic rings. The van der Waals surface area contributed by atoms with Gasteiger partial charge in [-0.05, 0) is 35.7 Å². The third kappa shape index (κ3) is 4.60. The smallest absolute Gasteiger partial charge is 0.410 e. The molecular weight excluding hydrogens is 375 g/mol. The van der Waals surface area contributed by atoms with Crippen LogP contribution in [0.2, 0.25) is 0 Å². The normalized spacial score (nSPS) is 11.5. The number of hydrogen-bond acceptors (Lipinski definition) is 6. The lowest BCUT2D eigenvalue weighted by molar-refractivity contribution is -0.137. The number of carbonyl (C=O) groups excluding carboxylic acids is 1. The molecule has 0 saturated heterocycles. The van der Waals surface area contributed by atoms with Crippen LogP contribution < -0.4 is 5.32 Å². The van der Waals surface area contributed by atoms with E-state index in [4.69, 9.17) is 4.42 Å². The number of anilines is 1. The standard InChI is InChI=1S/C15H10F3N3O2S2/c16-15(17,18)9-3-5-10(6-4-9)19-12(22)8-25-14-21-20-13(23-14)11-2-1-7-24-11/h1-7H,8H2,(H,19,22). The Balaban J connectivity index is 1.53. The van der Waals surface area contributed by atoms with Crippen LogP contribution in [0.4, 0.5) is 18.9 Å². The quantitative estimate of drug-likeness (QED) is 0.653. The molecule has 1 N–H and O–H groups in total. The average molecular weight is 385 g/mol. The van der Waals surface area contributed by atoms with Gasteiger partial charge >= 0.3 is 6.18 Å². The molecule has 0 aliphatic heterocycles. The predicted molar refractivity (Wildman–Crippen MR) is 88.4 cm³/mol. The lowest BCUT2D eigenvalue weighted by Crippen LogP contribution is -2.14. The van der Waals surface area contributed by atoms with Crippen molar-refractivity contribution in [2.75, 3.05) is 11.1 Å². The predicted octanol–water partition coefficient (Wildman–Crippen LogP) is 4.55. The van der Waals surface area contributed by atoms with Crippen LogP contribution in [0.1, 0.15) is 5.56 Å². The molecule has 5 nitrogen and oxygen atoms in total. The van der Waals surface area contributed by atoms with Gasteiger partial charge in [-0.15, -0.1) is 21.5 Å². The SMILES string of the molecule is O=C(CSc1nnc(-c2cccs2)o1)Nc1ccc(C(F)(F)F)cc1. The van der Waals surface area contributed by atoms with Gasteiger partial charge in [-0.1, -0.05) is 17.8 Å². The number of nitrogens with zero attached hydrogens (tertiary/aromatic N) is 2. The van der Waals surface area contributed by atoms with Gasteiger partial charge in [0.15, 0.2) is 0 Å². The number of carbonyl (C=O) groups is 1. The van der Waals surface area contributed by atoms with Gasteiger partial charge in [0.2, 0.25) is 5.91 Å². The van der Waals surface area contributed by atoms with E-state index in [1.807, 2.05) is 17.5 Å². The Kier molecular flexibility index (Phi) is 5.09. The zero-order valence-corrected chi connectivity index (χ0v) is 14.0. The van der Waals surface area contributed by atoms with Gasteiger partial charge in [-0.2, -0.15) is 13.2 Å². The molecule has 2 aromatic heterocycles. The van der Waals surface area contributed by atoms with Crippen molar-refractivity contribution in [3.05, 3.63) is 47.3 Å². The maximum atomic E-state index is 12.5. The fourth-order valence-corrected chi connectivity index (χ4v) is 3.04. The summed E-state index contributed by atoms with van der Waals surface area (Å²) in [5, 5.41) is 12.4. The first-order valence-electron chi connectivity index (χ1n) is 6.89. The Hall–Kier alpha value is -2.33.